The number of Topliss-reactive ketones (excluding diaryl/α,β-unsaturated/α-hetero) is 1. The molecule has 0 fully saturated rings. The Morgan fingerprint density at radius 2 is 1.56 bits per heavy atom. The van der Waals surface area contributed by atoms with Crippen molar-refractivity contribution in [2.75, 3.05) is 12.4 Å². The standard InChI is InChI=1S/C21H26N2O2/c1-5-17-6-8-18(9-7-17)14-23(4)15(2)21(25)22-20-12-10-19(11-13-20)16(3)24/h6-13,15H,5,14H2,1-4H3,(H,22,25)/t15-/m1/s1. The number of nitrogens with zero attached hydrogens (tertiary/aromatic N) is 1. The van der Waals surface area contributed by atoms with Gasteiger partial charge < -0.3 is 5.32 Å². The lowest BCUT2D eigenvalue weighted by Crippen LogP contribution is -2.39. The number of aryl methyl sites for hydroxylation is 1. The zero-order valence-corrected chi connectivity index (χ0v) is 15.4. The summed E-state index contributed by atoms with van der Waals surface area (Å²) in [4.78, 5) is 25.8. The number of amides is 1. The lowest BCUT2D eigenvalue weighted by Gasteiger charge is -2.24. The van der Waals surface area contributed by atoms with Crippen molar-refractivity contribution in [2.45, 2.75) is 39.8 Å². The number of nitrogens with one attached hydrogen (secondary N) is 1. The average Bonchev–Trinajstić information content (AvgIpc) is 2.62. The van der Waals surface area contributed by atoms with Crippen molar-refractivity contribution < 1.29 is 9.59 Å². The summed E-state index contributed by atoms with van der Waals surface area (Å²) in [7, 11) is 1.94. The number of anilines is 1. The summed E-state index contributed by atoms with van der Waals surface area (Å²) in [6.45, 7) is 6.26. The first kappa shape index (κ1) is 18.9. The van der Waals surface area contributed by atoms with Crippen molar-refractivity contribution in [1.82, 2.24) is 4.90 Å². The molecule has 1 atom stereocenters. The molecule has 1 N–H and O–H groups in total. The molecule has 2 aromatic carbocycles. The molecule has 4 nitrogen and oxygen atoms in total. The summed E-state index contributed by atoms with van der Waals surface area (Å²) in [5.74, 6) is -0.0525. The van der Waals surface area contributed by atoms with Crippen LogP contribution in [0.15, 0.2) is 48.5 Å². The molecule has 0 aliphatic rings. The van der Waals surface area contributed by atoms with E-state index in [2.05, 4.69) is 36.5 Å². The SMILES string of the molecule is CCc1ccc(CN(C)[C@H](C)C(=O)Nc2ccc(C(C)=O)cc2)cc1. The number of ketones is 1. The molecule has 132 valence electrons. The largest absolute Gasteiger partial charge is 0.325 e. The summed E-state index contributed by atoms with van der Waals surface area (Å²) >= 11 is 0. The molecule has 2 aromatic rings. The van der Waals surface area contributed by atoms with Crippen LogP contribution in [0.5, 0.6) is 0 Å². The van der Waals surface area contributed by atoms with Gasteiger partial charge in [-0.2, -0.15) is 0 Å². The molecule has 4 heteroatoms. The Morgan fingerprint density at radius 3 is 2.08 bits per heavy atom. The topological polar surface area (TPSA) is 49.4 Å². The predicted molar refractivity (Wildman–Crippen MR) is 102 cm³/mol. The van der Waals surface area contributed by atoms with Crippen molar-refractivity contribution in [3.05, 3.63) is 65.2 Å². The third-order valence-electron chi connectivity index (χ3n) is 4.46. The zero-order valence-electron chi connectivity index (χ0n) is 15.4. The summed E-state index contributed by atoms with van der Waals surface area (Å²) in [5, 5.41) is 2.90. The second-order valence-corrected chi connectivity index (χ2v) is 6.38. The quantitative estimate of drug-likeness (QED) is 0.779. The van der Waals surface area contributed by atoms with Crippen LogP contribution in [-0.2, 0) is 17.8 Å². The van der Waals surface area contributed by atoms with E-state index in [-0.39, 0.29) is 17.7 Å². The minimum absolute atomic E-state index is 0.0140. The molecule has 0 spiro atoms. The van der Waals surface area contributed by atoms with Crippen LogP contribution < -0.4 is 5.32 Å². The van der Waals surface area contributed by atoms with Crippen LogP contribution in [0.4, 0.5) is 5.69 Å². The van der Waals surface area contributed by atoms with Crippen LogP contribution in [-0.4, -0.2) is 29.7 Å². The highest BCUT2D eigenvalue weighted by Gasteiger charge is 2.18. The number of hydrogen-bond donors (Lipinski definition) is 1. The van der Waals surface area contributed by atoms with Gasteiger partial charge in [0, 0.05) is 17.8 Å². The predicted octanol–water partition coefficient (Wildman–Crippen LogP) is 3.91. The van der Waals surface area contributed by atoms with Gasteiger partial charge in [-0.3, -0.25) is 14.5 Å². The summed E-state index contributed by atoms with van der Waals surface area (Å²) in [5.41, 5.74) is 3.83. The van der Waals surface area contributed by atoms with Crippen molar-refractivity contribution in [1.29, 1.82) is 0 Å². The number of likely N-dealkylation sites (N-methyl/N-ethyl adjacent to an activating group) is 1. The highest BCUT2D eigenvalue weighted by molar-refractivity contribution is 5.96. The molecule has 0 aliphatic heterocycles. The third kappa shape index (κ3) is 5.26. The van der Waals surface area contributed by atoms with E-state index in [1.165, 1.54) is 18.1 Å². The average molecular weight is 338 g/mol. The molecule has 0 aliphatic carbocycles. The van der Waals surface area contributed by atoms with Crippen LogP contribution in [0, 0.1) is 0 Å². The van der Waals surface area contributed by atoms with E-state index < -0.39 is 0 Å². The van der Waals surface area contributed by atoms with E-state index >= 15 is 0 Å². The Labute approximate surface area is 149 Å². The van der Waals surface area contributed by atoms with Crippen LogP contribution in [0.3, 0.4) is 0 Å². The Balaban J connectivity index is 1.94. The molecule has 25 heavy (non-hydrogen) atoms. The van der Waals surface area contributed by atoms with E-state index in [4.69, 9.17) is 0 Å². The highest BCUT2D eigenvalue weighted by atomic mass is 16.2. The van der Waals surface area contributed by atoms with E-state index in [9.17, 15) is 9.59 Å². The fraction of sp³-hybridized carbons (Fsp3) is 0.333. The Morgan fingerprint density at radius 1 is 1.00 bits per heavy atom. The van der Waals surface area contributed by atoms with Crippen molar-refractivity contribution >= 4 is 17.4 Å². The third-order valence-corrected chi connectivity index (χ3v) is 4.46. The summed E-state index contributed by atoms with van der Waals surface area (Å²) in [6, 6.07) is 15.2. The fourth-order valence-electron chi connectivity index (χ4n) is 2.54. The minimum Gasteiger partial charge on any atom is -0.325 e. The number of hydrogen-bond acceptors (Lipinski definition) is 3. The van der Waals surface area contributed by atoms with Gasteiger partial charge in [-0.15, -0.1) is 0 Å². The molecule has 0 bridgehead atoms. The van der Waals surface area contributed by atoms with Gasteiger partial charge >= 0.3 is 0 Å². The van der Waals surface area contributed by atoms with E-state index in [1.807, 2.05) is 18.9 Å². The molecule has 0 aromatic heterocycles. The number of carbonyl (C=O) groups is 2. The fourth-order valence-corrected chi connectivity index (χ4v) is 2.54. The van der Waals surface area contributed by atoms with Gasteiger partial charge in [0.1, 0.15) is 0 Å². The van der Waals surface area contributed by atoms with Crippen molar-refractivity contribution in [3.8, 4) is 0 Å². The lowest BCUT2D eigenvalue weighted by molar-refractivity contribution is -0.120. The first-order valence-electron chi connectivity index (χ1n) is 8.60. The van der Waals surface area contributed by atoms with Crippen LogP contribution in [0.1, 0.15) is 42.3 Å². The van der Waals surface area contributed by atoms with Gasteiger partial charge in [-0.1, -0.05) is 31.2 Å². The monoisotopic (exact) mass is 338 g/mol. The minimum atomic E-state index is -0.265. The molecule has 0 saturated carbocycles. The second kappa shape index (κ2) is 8.58. The molecule has 1 amide bonds. The van der Waals surface area contributed by atoms with Gasteiger partial charge in [0.05, 0.1) is 6.04 Å². The molecule has 2 rings (SSSR count). The maximum absolute atomic E-state index is 12.4. The first-order chi connectivity index (χ1) is 11.9. The van der Waals surface area contributed by atoms with Gasteiger partial charge in [0.2, 0.25) is 5.91 Å². The molecule has 0 radical (unpaired) electrons. The number of carbonyl (C=O) groups excluding carboxylic acids is 2. The Hall–Kier alpha value is -2.46. The molecule has 0 saturated heterocycles. The summed E-state index contributed by atoms with van der Waals surface area (Å²) in [6.07, 6.45) is 1.03. The van der Waals surface area contributed by atoms with E-state index in [1.54, 1.807) is 24.3 Å². The number of rotatable bonds is 7. The Kier molecular flexibility index (Phi) is 6.48. The van der Waals surface area contributed by atoms with E-state index in [0.29, 0.717) is 17.8 Å². The number of benzene rings is 2. The lowest BCUT2D eigenvalue weighted by atomic mass is 10.1. The normalized spacial score (nSPS) is 12.0. The van der Waals surface area contributed by atoms with Gasteiger partial charge in [0.15, 0.2) is 5.78 Å². The van der Waals surface area contributed by atoms with Crippen LogP contribution in [0.2, 0.25) is 0 Å². The molecular formula is C21H26N2O2. The van der Waals surface area contributed by atoms with Gasteiger partial charge in [-0.05, 0) is 62.7 Å². The molecule has 0 heterocycles. The first-order valence-corrected chi connectivity index (χ1v) is 8.60. The smallest absolute Gasteiger partial charge is 0.241 e. The van der Waals surface area contributed by atoms with Crippen LogP contribution in [0.25, 0.3) is 0 Å². The Bertz CT molecular complexity index is 721. The van der Waals surface area contributed by atoms with Gasteiger partial charge in [-0.25, -0.2) is 0 Å². The van der Waals surface area contributed by atoms with Crippen molar-refractivity contribution in [2.24, 2.45) is 0 Å². The van der Waals surface area contributed by atoms with Crippen LogP contribution >= 0.6 is 0 Å². The zero-order chi connectivity index (χ0) is 18.4. The second-order valence-electron chi connectivity index (χ2n) is 6.38. The molecular weight excluding hydrogens is 312 g/mol. The van der Waals surface area contributed by atoms with Gasteiger partial charge in [0.25, 0.3) is 0 Å². The summed E-state index contributed by atoms with van der Waals surface area (Å²) < 4.78 is 0. The maximum Gasteiger partial charge on any atom is 0.241 e. The highest BCUT2D eigenvalue weighted by Crippen LogP contribution is 2.13. The molecule has 0 unspecified atom stereocenters. The van der Waals surface area contributed by atoms with Crippen molar-refractivity contribution in [3.63, 3.8) is 0 Å². The van der Waals surface area contributed by atoms with E-state index in [0.717, 1.165) is 6.42 Å². The maximum atomic E-state index is 12.4.